The molecule has 228 valence electrons. The topological polar surface area (TPSA) is 170 Å². The van der Waals surface area contributed by atoms with Crippen molar-refractivity contribution in [3.63, 3.8) is 0 Å². The fraction of sp³-hybridized carbons (Fsp3) is 0.760. The second-order valence-corrected chi connectivity index (χ2v) is 12.0. The third-order valence-corrected chi connectivity index (χ3v) is 8.48. The minimum Gasteiger partial charge on any atom is -0.748 e. The van der Waals surface area contributed by atoms with Gasteiger partial charge in [-0.05, 0) is 50.3 Å². The van der Waals surface area contributed by atoms with Crippen LogP contribution in [0.2, 0.25) is 0 Å². The molecule has 0 saturated carbocycles. The summed E-state index contributed by atoms with van der Waals surface area (Å²) in [4.78, 5) is 0. The van der Waals surface area contributed by atoms with Crippen LogP contribution >= 0.6 is 0 Å². The number of ether oxygens (including phenoxy) is 6. The molecule has 16 heteroatoms. The second kappa shape index (κ2) is 25.9. The van der Waals surface area contributed by atoms with Gasteiger partial charge in [0.05, 0.1) is 70.4 Å². The SMILES string of the molecule is CCC(CCOCCOCCOc1ccc(C)cc1OCCOCCOCCC(CC)S(=O)(=O)[O-])S(=O)(=O)[O-].[K+].[K+]. The van der Waals surface area contributed by atoms with Gasteiger partial charge in [-0.25, -0.2) is 16.8 Å². The van der Waals surface area contributed by atoms with E-state index in [-0.39, 0.29) is 168 Å². The Morgan fingerprint density at radius 2 is 0.976 bits per heavy atom. The van der Waals surface area contributed by atoms with Crippen molar-refractivity contribution in [2.75, 3.05) is 66.1 Å². The summed E-state index contributed by atoms with van der Waals surface area (Å²) in [6, 6.07) is 5.56. The summed E-state index contributed by atoms with van der Waals surface area (Å²) >= 11 is 0. The molecule has 0 aromatic heterocycles. The first kappa shape index (κ1) is 44.9. The van der Waals surface area contributed by atoms with Crippen molar-refractivity contribution in [3.05, 3.63) is 23.8 Å². The van der Waals surface area contributed by atoms with Crippen LogP contribution in [0, 0.1) is 6.92 Å². The van der Waals surface area contributed by atoms with Gasteiger partial charge < -0.3 is 37.5 Å². The molecule has 1 aromatic carbocycles. The van der Waals surface area contributed by atoms with Crippen LogP contribution < -0.4 is 112 Å². The average Bonchev–Trinajstić information content (AvgIpc) is 2.85. The Bertz CT molecular complexity index is 1010. The first-order valence-corrected chi connectivity index (χ1v) is 16.0. The molecule has 0 fully saturated rings. The van der Waals surface area contributed by atoms with Gasteiger partial charge in [0.15, 0.2) is 11.5 Å². The van der Waals surface area contributed by atoms with Crippen molar-refractivity contribution in [2.24, 2.45) is 0 Å². The molecule has 0 radical (unpaired) electrons. The zero-order chi connectivity index (χ0) is 29.2. The summed E-state index contributed by atoms with van der Waals surface area (Å²) < 4.78 is 99.4. The van der Waals surface area contributed by atoms with Gasteiger partial charge in [-0.1, -0.05) is 19.9 Å². The molecule has 2 unspecified atom stereocenters. The molecule has 0 saturated heterocycles. The minimum atomic E-state index is -4.30. The molecule has 41 heavy (non-hydrogen) atoms. The Morgan fingerprint density at radius 3 is 1.37 bits per heavy atom. The van der Waals surface area contributed by atoms with Gasteiger partial charge in [-0.2, -0.15) is 0 Å². The van der Waals surface area contributed by atoms with Gasteiger partial charge in [0, 0.05) is 13.2 Å². The van der Waals surface area contributed by atoms with Gasteiger partial charge in [0.25, 0.3) is 0 Å². The molecular weight excluding hydrogens is 635 g/mol. The first-order valence-electron chi connectivity index (χ1n) is 13.1. The Kier molecular flexibility index (Phi) is 28.3. The van der Waals surface area contributed by atoms with E-state index in [9.17, 15) is 25.9 Å². The fourth-order valence-corrected chi connectivity index (χ4v) is 5.03. The molecule has 12 nitrogen and oxygen atoms in total. The predicted molar refractivity (Wildman–Crippen MR) is 142 cm³/mol. The van der Waals surface area contributed by atoms with Crippen molar-refractivity contribution in [2.45, 2.75) is 57.0 Å². The summed E-state index contributed by atoms with van der Waals surface area (Å²) in [5, 5.41) is -1.86. The van der Waals surface area contributed by atoms with Gasteiger partial charge >= 0.3 is 103 Å². The fourth-order valence-electron chi connectivity index (χ4n) is 3.45. The van der Waals surface area contributed by atoms with Gasteiger partial charge in [-0.3, -0.25) is 0 Å². The molecular formula is C25H42K2O12S2. The van der Waals surface area contributed by atoms with Crippen molar-refractivity contribution >= 4 is 20.2 Å². The smallest absolute Gasteiger partial charge is 0.748 e. The summed E-state index contributed by atoms with van der Waals surface area (Å²) in [6.45, 7) is 7.95. The largest absolute Gasteiger partial charge is 1.00 e. The monoisotopic (exact) mass is 676 g/mol. The standard InChI is InChI=1S/C25H44O12S2.2K/c1-4-22(38(26,27)28)8-10-32-12-14-34-16-18-36-24-7-6-21(3)20-25(24)37-19-17-35-15-13-33-11-9-23(5-2)39(29,30)31;;/h6-7,20,22-23H,4-5,8-19H2,1-3H3,(H,26,27,28)(H,29,30,31);;/q;2*+1/p-2. The van der Waals surface area contributed by atoms with Crippen LogP contribution in [-0.4, -0.2) is 103 Å². The summed E-state index contributed by atoms with van der Waals surface area (Å²) in [5.41, 5.74) is 1.00. The predicted octanol–water partition coefficient (Wildman–Crippen LogP) is -3.75. The number of rotatable bonds is 24. The summed E-state index contributed by atoms with van der Waals surface area (Å²) in [6.07, 6.45) is 0.852. The molecule has 0 bridgehead atoms. The maximum atomic E-state index is 11.1. The molecule has 0 aliphatic carbocycles. The van der Waals surface area contributed by atoms with Crippen LogP contribution in [0.4, 0.5) is 0 Å². The van der Waals surface area contributed by atoms with Crippen LogP contribution in [0.25, 0.3) is 0 Å². The second-order valence-electron chi connectivity index (χ2n) is 8.72. The van der Waals surface area contributed by atoms with Crippen molar-refractivity contribution < 1.29 is 157 Å². The van der Waals surface area contributed by atoms with Gasteiger partial charge in [-0.15, -0.1) is 0 Å². The molecule has 2 atom stereocenters. The molecule has 0 heterocycles. The molecule has 0 aliphatic heterocycles. The van der Waals surface area contributed by atoms with Crippen LogP contribution in [-0.2, 0) is 39.2 Å². The van der Waals surface area contributed by atoms with E-state index in [0.29, 0.717) is 37.9 Å². The molecule has 0 N–H and O–H groups in total. The Hall–Kier alpha value is 1.75. The molecule has 1 rings (SSSR count). The van der Waals surface area contributed by atoms with Gasteiger partial charge in [0.1, 0.15) is 13.2 Å². The zero-order valence-corrected chi connectivity index (χ0v) is 32.9. The molecule has 0 aliphatic rings. The molecule has 0 amide bonds. The van der Waals surface area contributed by atoms with Crippen LogP contribution in [0.3, 0.4) is 0 Å². The van der Waals surface area contributed by atoms with Gasteiger partial charge in [0.2, 0.25) is 0 Å². The summed E-state index contributed by atoms with van der Waals surface area (Å²) in [7, 11) is -8.59. The van der Waals surface area contributed by atoms with Crippen molar-refractivity contribution in [1.82, 2.24) is 0 Å². The number of hydrogen-bond acceptors (Lipinski definition) is 12. The third kappa shape index (κ3) is 22.0. The van der Waals surface area contributed by atoms with Crippen molar-refractivity contribution in [1.29, 1.82) is 0 Å². The normalized spacial score (nSPS) is 13.1. The minimum absolute atomic E-state index is 0. The van der Waals surface area contributed by atoms with E-state index < -0.39 is 30.7 Å². The Morgan fingerprint density at radius 1 is 0.610 bits per heavy atom. The van der Waals surface area contributed by atoms with E-state index in [2.05, 4.69) is 0 Å². The number of aryl methyl sites for hydroxylation is 1. The summed E-state index contributed by atoms with van der Waals surface area (Å²) in [5.74, 6) is 1.13. The Balaban J connectivity index is 0. The van der Waals surface area contributed by atoms with Crippen LogP contribution in [0.15, 0.2) is 18.2 Å². The average molecular weight is 677 g/mol. The maximum absolute atomic E-state index is 11.1. The van der Waals surface area contributed by atoms with E-state index in [1.165, 1.54) is 0 Å². The first-order chi connectivity index (χ1) is 18.5. The maximum Gasteiger partial charge on any atom is 1.00 e. The van der Waals surface area contributed by atoms with E-state index in [4.69, 9.17) is 28.4 Å². The van der Waals surface area contributed by atoms with E-state index >= 15 is 0 Å². The van der Waals surface area contributed by atoms with Crippen LogP contribution in [0.5, 0.6) is 11.5 Å². The zero-order valence-electron chi connectivity index (χ0n) is 25.0. The molecule has 1 aromatic rings. The quantitative estimate of drug-likeness (QED) is 0.0597. The van der Waals surface area contributed by atoms with Crippen molar-refractivity contribution in [3.8, 4) is 11.5 Å². The van der Waals surface area contributed by atoms with E-state index in [1.54, 1.807) is 13.8 Å². The Labute approximate surface area is 330 Å². The third-order valence-electron chi connectivity index (χ3n) is 5.71. The molecule has 0 spiro atoms. The van der Waals surface area contributed by atoms with Crippen LogP contribution in [0.1, 0.15) is 45.1 Å². The number of hydrogen-bond donors (Lipinski definition) is 0. The van der Waals surface area contributed by atoms with E-state index in [0.717, 1.165) is 5.56 Å². The van der Waals surface area contributed by atoms with E-state index in [1.807, 2.05) is 25.1 Å². The number of benzene rings is 1.